The molecule has 5 N–H and O–H groups in total. The van der Waals surface area contributed by atoms with Gasteiger partial charge in [0.25, 0.3) is 5.91 Å². The number of rotatable bonds is 9. The fraction of sp³-hybridized carbons (Fsp3) is 0.630. The molecule has 3 aliphatic rings. The van der Waals surface area contributed by atoms with Gasteiger partial charge in [-0.05, 0) is 63.6 Å². The fourth-order valence-corrected chi connectivity index (χ4v) is 5.71. The first-order chi connectivity index (χ1) is 18.6. The Kier molecular flexibility index (Phi) is 9.15. The molecule has 1 saturated heterocycles. The molecule has 1 unspecified atom stereocenters. The van der Waals surface area contributed by atoms with Crippen molar-refractivity contribution in [3.8, 4) is 0 Å². The molecule has 2 aliphatic heterocycles. The van der Waals surface area contributed by atoms with Gasteiger partial charge in [-0.1, -0.05) is 11.6 Å². The van der Waals surface area contributed by atoms with E-state index in [1.165, 1.54) is 0 Å². The summed E-state index contributed by atoms with van der Waals surface area (Å²) in [4.78, 5) is 45.6. The Morgan fingerprint density at radius 1 is 1.23 bits per heavy atom. The minimum absolute atomic E-state index is 0.0986. The van der Waals surface area contributed by atoms with Gasteiger partial charge in [0.1, 0.15) is 11.3 Å². The second-order valence-corrected chi connectivity index (χ2v) is 11.4. The van der Waals surface area contributed by atoms with Gasteiger partial charge in [-0.25, -0.2) is 0 Å². The van der Waals surface area contributed by atoms with Crippen LogP contribution in [-0.2, 0) is 23.9 Å². The molecule has 11 nitrogen and oxygen atoms in total. The summed E-state index contributed by atoms with van der Waals surface area (Å²) in [5.41, 5.74) is 5.60. The average molecular weight is 563 g/mol. The maximum atomic E-state index is 13.2. The van der Waals surface area contributed by atoms with Crippen LogP contribution in [-0.4, -0.2) is 81.2 Å². The maximum absolute atomic E-state index is 13.2. The monoisotopic (exact) mass is 562 g/mol. The van der Waals surface area contributed by atoms with E-state index in [0.717, 1.165) is 18.8 Å². The number of aliphatic imine (C=N–C) groups is 1. The van der Waals surface area contributed by atoms with Crippen LogP contribution < -0.4 is 26.6 Å². The number of primary amides is 1. The van der Waals surface area contributed by atoms with Crippen molar-refractivity contribution in [1.82, 2.24) is 10.6 Å². The number of methoxy groups -OCH3 is 1. The summed E-state index contributed by atoms with van der Waals surface area (Å²) in [6, 6.07) is 5.63. The Morgan fingerprint density at radius 2 is 1.92 bits per heavy atom. The number of amides is 3. The molecule has 4 rings (SSSR count). The number of halogens is 1. The summed E-state index contributed by atoms with van der Waals surface area (Å²) in [5.74, 6) is -1.73. The lowest BCUT2D eigenvalue weighted by atomic mass is 9.69. The van der Waals surface area contributed by atoms with Gasteiger partial charge in [0.2, 0.25) is 11.8 Å². The number of carbonyl (C=O) groups is 3. The van der Waals surface area contributed by atoms with Crippen molar-refractivity contribution < 1.29 is 23.9 Å². The zero-order valence-electron chi connectivity index (χ0n) is 22.8. The number of carbonyl (C=O) groups excluding carboxylic acids is 3. The third-order valence-electron chi connectivity index (χ3n) is 8.09. The molecule has 1 aromatic carbocycles. The number of hydrogen-bond acceptors (Lipinski definition) is 8. The normalized spacial score (nSPS) is 25.6. The van der Waals surface area contributed by atoms with E-state index in [1.807, 2.05) is 26.0 Å². The highest BCUT2D eigenvalue weighted by atomic mass is 35.5. The van der Waals surface area contributed by atoms with Crippen molar-refractivity contribution in [2.24, 2.45) is 22.6 Å². The van der Waals surface area contributed by atoms with E-state index in [0.29, 0.717) is 49.6 Å². The van der Waals surface area contributed by atoms with E-state index in [1.54, 1.807) is 13.2 Å². The predicted octanol–water partition coefficient (Wildman–Crippen LogP) is 1.69. The Balaban J connectivity index is 1.40. The number of morpholine rings is 1. The van der Waals surface area contributed by atoms with Crippen LogP contribution in [0.4, 0.5) is 11.4 Å². The first-order valence-corrected chi connectivity index (χ1v) is 13.8. The minimum Gasteiger partial charge on any atom is -0.378 e. The Labute approximate surface area is 234 Å². The SMILES string of the molecule is COC(C)(C)CNC(=O)C1=NCNC1(C(N)=O)C1CCC(C(=O)Nc2cc(N3CCOCC3)ccc2Cl)CC1. The molecular weight excluding hydrogens is 524 g/mol. The lowest BCUT2D eigenvalue weighted by Gasteiger charge is -2.39. The zero-order valence-corrected chi connectivity index (χ0v) is 23.6. The molecule has 1 aromatic rings. The summed E-state index contributed by atoms with van der Waals surface area (Å²) in [5, 5.41) is 9.41. The molecule has 12 heteroatoms. The van der Waals surface area contributed by atoms with Gasteiger partial charge < -0.3 is 30.7 Å². The summed E-state index contributed by atoms with van der Waals surface area (Å²) in [6.45, 7) is 6.95. The number of anilines is 2. The average Bonchev–Trinajstić information content (AvgIpc) is 3.40. The van der Waals surface area contributed by atoms with Crippen LogP contribution in [0.2, 0.25) is 5.02 Å². The van der Waals surface area contributed by atoms with Crippen molar-refractivity contribution in [2.45, 2.75) is 50.7 Å². The van der Waals surface area contributed by atoms with E-state index >= 15 is 0 Å². The molecule has 0 bridgehead atoms. The molecule has 1 saturated carbocycles. The first-order valence-electron chi connectivity index (χ1n) is 13.4. The van der Waals surface area contributed by atoms with Crippen molar-refractivity contribution in [3.63, 3.8) is 0 Å². The van der Waals surface area contributed by atoms with Gasteiger partial charge in [-0.3, -0.25) is 24.7 Å². The van der Waals surface area contributed by atoms with Crippen molar-refractivity contribution in [2.75, 3.05) is 56.8 Å². The number of benzene rings is 1. The number of nitrogens with two attached hydrogens (primary N) is 1. The van der Waals surface area contributed by atoms with Crippen molar-refractivity contribution >= 4 is 46.4 Å². The molecule has 1 aliphatic carbocycles. The van der Waals surface area contributed by atoms with E-state index < -0.39 is 23.0 Å². The second-order valence-electron chi connectivity index (χ2n) is 11.0. The summed E-state index contributed by atoms with van der Waals surface area (Å²) in [6.07, 6.45) is 2.15. The predicted molar refractivity (Wildman–Crippen MR) is 150 cm³/mol. The van der Waals surface area contributed by atoms with Gasteiger partial charge in [-0.15, -0.1) is 0 Å². The Hall–Kier alpha value is -2.73. The minimum atomic E-state index is -1.38. The Morgan fingerprint density at radius 3 is 2.56 bits per heavy atom. The summed E-state index contributed by atoms with van der Waals surface area (Å²) < 4.78 is 10.8. The summed E-state index contributed by atoms with van der Waals surface area (Å²) in [7, 11) is 1.57. The van der Waals surface area contributed by atoms with E-state index in [-0.39, 0.29) is 36.7 Å². The molecule has 3 amide bonds. The van der Waals surface area contributed by atoms with Crippen molar-refractivity contribution in [3.05, 3.63) is 23.2 Å². The summed E-state index contributed by atoms with van der Waals surface area (Å²) >= 11 is 6.41. The molecule has 214 valence electrons. The number of nitrogens with one attached hydrogen (secondary N) is 3. The van der Waals surface area contributed by atoms with Gasteiger partial charge in [0, 0.05) is 38.3 Å². The molecule has 39 heavy (non-hydrogen) atoms. The fourth-order valence-electron chi connectivity index (χ4n) is 5.55. The van der Waals surface area contributed by atoms with Crippen LogP contribution in [0.3, 0.4) is 0 Å². The van der Waals surface area contributed by atoms with E-state index in [2.05, 4.69) is 25.8 Å². The molecule has 0 spiro atoms. The Bertz CT molecular complexity index is 1110. The van der Waals surface area contributed by atoms with Crippen molar-refractivity contribution in [1.29, 1.82) is 0 Å². The first kappa shape index (κ1) is 29.3. The van der Waals surface area contributed by atoms with Crippen LogP contribution in [0.5, 0.6) is 0 Å². The second kappa shape index (κ2) is 12.2. The molecule has 1 atom stereocenters. The zero-order chi connectivity index (χ0) is 28.2. The van der Waals surface area contributed by atoms with E-state index in [9.17, 15) is 14.4 Å². The van der Waals surface area contributed by atoms with Crippen LogP contribution in [0.1, 0.15) is 39.5 Å². The van der Waals surface area contributed by atoms with Gasteiger partial charge >= 0.3 is 0 Å². The number of ether oxygens (including phenoxy) is 2. The van der Waals surface area contributed by atoms with Crippen LogP contribution in [0, 0.1) is 11.8 Å². The number of nitrogens with zero attached hydrogens (tertiary/aromatic N) is 2. The standard InChI is InChI=1S/C27H39ClN6O5/c1-26(2,38-3)15-30-24(36)22-27(25(29)37,32-16-31-22)18-6-4-17(5-7-18)23(35)33-21-14-19(8-9-20(21)28)34-10-12-39-13-11-34/h8-9,14,17-18,32H,4-7,10-13,15-16H2,1-3H3,(H2,29,37)(H,30,36)(H,33,35). The quantitative estimate of drug-likeness (QED) is 0.358. The van der Waals surface area contributed by atoms with Crippen LogP contribution in [0.25, 0.3) is 0 Å². The topological polar surface area (TPSA) is 147 Å². The van der Waals surface area contributed by atoms with E-state index in [4.69, 9.17) is 26.8 Å². The third-order valence-corrected chi connectivity index (χ3v) is 8.42. The molecule has 0 radical (unpaired) electrons. The van der Waals surface area contributed by atoms with Gasteiger partial charge in [0.15, 0.2) is 0 Å². The lowest BCUT2D eigenvalue weighted by molar-refractivity contribution is -0.126. The largest absolute Gasteiger partial charge is 0.378 e. The molecule has 2 fully saturated rings. The van der Waals surface area contributed by atoms with Crippen LogP contribution in [0.15, 0.2) is 23.2 Å². The highest BCUT2D eigenvalue weighted by molar-refractivity contribution is 6.47. The van der Waals surface area contributed by atoms with Crippen LogP contribution >= 0.6 is 11.6 Å². The smallest absolute Gasteiger partial charge is 0.267 e. The van der Waals surface area contributed by atoms with Gasteiger partial charge in [-0.2, -0.15) is 0 Å². The highest BCUT2D eigenvalue weighted by Gasteiger charge is 2.54. The molecular formula is C27H39ClN6O5. The van der Waals surface area contributed by atoms with Gasteiger partial charge in [0.05, 0.1) is 36.2 Å². The molecule has 0 aromatic heterocycles. The lowest BCUT2D eigenvalue weighted by Crippen LogP contribution is -2.66. The number of hydrogen-bond donors (Lipinski definition) is 4. The third kappa shape index (κ3) is 6.37. The highest BCUT2D eigenvalue weighted by Crippen LogP contribution is 2.39. The molecule has 2 heterocycles. The maximum Gasteiger partial charge on any atom is 0.267 e.